The molecule has 0 aromatic heterocycles. The zero-order valence-corrected chi connectivity index (χ0v) is 14.5. The zero-order chi connectivity index (χ0) is 16.1. The van der Waals surface area contributed by atoms with Crippen LogP contribution in [0.4, 0.5) is 0 Å². The first-order valence-electron chi connectivity index (χ1n) is 7.33. The van der Waals surface area contributed by atoms with E-state index in [9.17, 15) is 8.42 Å². The van der Waals surface area contributed by atoms with E-state index in [1.807, 2.05) is 31.3 Å². The van der Waals surface area contributed by atoms with Gasteiger partial charge in [-0.15, -0.1) is 0 Å². The smallest absolute Gasteiger partial charge is 0.158 e. The summed E-state index contributed by atoms with van der Waals surface area (Å²) in [4.78, 5) is 0. The summed E-state index contributed by atoms with van der Waals surface area (Å²) in [6.07, 6.45) is 1.01. The number of hydrogen-bond donors (Lipinski definition) is 1. The second-order valence-corrected chi connectivity index (χ2v) is 8.96. The maximum atomic E-state index is 12.0. The van der Waals surface area contributed by atoms with Crippen LogP contribution in [0, 0.1) is 0 Å². The molecule has 4 nitrogen and oxygen atoms in total. The van der Waals surface area contributed by atoms with Crippen LogP contribution in [0.25, 0.3) is 0 Å². The molecule has 1 aromatic carbocycles. The van der Waals surface area contributed by atoms with Gasteiger partial charge in [-0.3, -0.25) is 0 Å². The Kier molecular flexibility index (Phi) is 6.23. The zero-order valence-electron chi connectivity index (χ0n) is 13.6. The lowest BCUT2D eigenvalue weighted by Gasteiger charge is -2.19. The third-order valence-electron chi connectivity index (χ3n) is 3.59. The Bertz CT molecular complexity index is 526. The molecule has 0 heterocycles. The van der Waals surface area contributed by atoms with Crippen molar-refractivity contribution >= 4 is 9.84 Å². The average molecular weight is 313 g/mol. The molecule has 0 radical (unpaired) electrons. The minimum Gasteiger partial charge on any atom is -0.493 e. The van der Waals surface area contributed by atoms with E-state index in [2.05, 4.69) is 12.2 Å². The Morgan fingerprint density at radius 1 is 1.19 bits per heavy atom. The third kappa shape index (κ3) is 5.00. The molecule has 0 aliphatic heterocycles. The molecule has 120 valence electrons. The summed E-state index contributed by atoms with van der Waals surface area (Å²) in [6.45, 7) is 7.43. The highest BCUT2D eigenvalue weighted by atomic mass is 32.2. The third-order valence-corrected chi connectivity index (χ3v) is 6.16. The second-order valence-electron chi connectivity index (χ2n) is 6.10. The van der Waals surface area contributed by atoms with E-state index in [0.29, 0.717) is 11.8 Å². The number of rotatable bonds is 7. The first kappa shape index (κ1) is 18.0. The van der Waals surface area contributed by atoms with Gasteiger partial charge in [0.1, 0.15) is 12.4 Å². The molecule has 0 saturated heterocycles. The molecule has 0 spiro atoms. The normalized spacial score (nSPS) is 14.0. The molecule has 1 atom stereocenters. The van der Waals surface area contributed by atoms with E-state index in [1.165, 1.54) is 5.56 Å². The van der Waals surface area contributed by atoms with Crippen molar-refractivity contribution in [1.82, 2.24) is 5.32 Å². The Morgan fingerprint density at radius 3 is 2.19 bits per heavy atom. The van der Waals surface area contributed by atoms with Gasteiger partial charge in [-0.05, 0) is 51.9 Å². The molecule has 0 aliphatic carbocycles. The molecule has 1 N–H and O–H groups in total. The fourth-order valence-electron chi connectivity index (χ4n) is 1.98. The predicted octanol–water partition coefficient (Wildman–Crippen LogP) is 2.95. The number of benzene rings is 1. The maximum Gasteiger partial charge on any atom is 0.158 e. The minimum atomic E-state index is -3.13. The lowest BCUT2D eigenvalue weighted by molar-refractivity contribution is 0.339. The van der Waals surface area contributed by atoms with Crippen molar-refractivity contribution < 1.29 is 13.2 Å². The molecule has 1 rings (SSSR count). The molecule has 0 aliphatic rings. The highest BCUT2D eigenvalue weighted by Crippen LogP contribution is 2.20. The van der Waals surface area contributed by atoms with Gasteiger partial charge in [0, 0.05) is 6.04 Å². The van der Waals surface area contributed by atoms with Crippen molar-refractivity contribution in [3.05, 3.63) is 29.8 Å². The van der Waals surface area contributed by atoms with Crippen molar-refractivity contribution in [3.8, 4) is 5.75 Å². The van der Waals surface area contributed by atoms with E-state index in [4.69, 9.17) is 4.74 Å². The van der Waals surface area contributed by atoms with Crippen molar-refractivity contribution in [3.63, 3.8) is 0 Å². The van der Waals surface area contributed by atoms with Crippen LogP contribution >= 0.6 is 0 Å². The van der Waals surface area contributed by atoms with Crippen LogP contribution in [0.15, 0.2) is 24.3 Å². The summed E-state index contributed by atoms with van der Waals surface area (Å²) >= 11 is 0. The molecule has 0 fully saturated rings. The lowest BCUT2D eigenvalue weighted by atomic mass is 10.1. The summed E-state index contributed by atoms with van der Waals surface area (Å²) < 4.78 is 28.8. The lowest BCUT2D eigenvalue weighted by Crippen LogP contribution is -2.32. The molecule has 21 heavy (non-hydrogen) atoms. The SMILES string of the molecule is CCC(NC)c1ccc(OCCS(=O)(=O)C(C)(C)C)cc1. The number of ether oxygens (including phenoxy) is 1. The van der Waals surface area contributed by atoms with Crippen molar-refractivity contribution in [2.45, 2.75) is 44.9 Å². The van der Waals surface area contributed by atoms with Gasteiger partial charge in [0.2, 0.25) is 0 Å². The van der Waals surface area contributed by atoms with E-state index in [1.54, 1.807) is 20.8 Å². The molecular formula is C16H27NO3S. The van der Waals surface area contributed by atoms with Gasteiger partial charge in [0.25, 0.3) is 0 Å². The first-order chi connectivity index (χ1) is 9.71. The van der Waals surface area contributed by atoms with Crippen LogP contribution in [0.1, 0.15) is 45.7 Å². The molecule has 1 unspecified atom stereocenters. The minimum absolute atomic E-state index is 0.0341. The van der Waals surface area contributed by atoms with Crippen LogP contribution in [0.2, 0.25) is 0 Å². The molecule has 1 aromatic rings. The average Bonchev–Trinajstić information content (AvgIpc) is 2.40. The van der Waals surface area contributed by atoms with Gasteiger partial charge in [0.15, 0.2) is 9.84 Å². The highest BCUT2D eigenvalue weighted by molar-refractivity contribution is 7.92. The molecule has 0 saturated carbocycles. The standard InChI is InChI=1S/C16H27NO3S/c1-6-15(17-5)13-7-9-14(10-8-13)20-11-12-21(18,19)16(2,3)4/h7-10,15,17H,6,11-12H2,1-5H3. The Hall–Kier alpha value is -1.07. The fourth-order valence-corrected chi connectivity index (χ4v) is 2.89. The monoisotopic (exact) mass is 313 g/mol. The number of nitrogens with one attached hydrogen (secondary N) is 1. The van der Waals surface area contributed by atoms with Crippen molar-refractivity contribution in [1.29, 1.82) is 0 Å². The Morgan fingerprint density at radius 2 is 1.76 bits per heavy atom. The van der Waals surface area contributed by atoms with Crippen LogP contribution in [-0.2, 0) is 9.84 Å². The summed E-state index contributed by atoms with van der Waals surface area (Å²) in [5, 5.41) is 3.25. The summed E-state index contributed by atoms with van der Waals surface area (Å²) in [6, 6.07) is 8.13. The molecule has 0 amide bonds. The van der Waals surface area contributed by atoms with E-state index in [0.717, 1.165) is 6.42 Å². The van der Waals surface area contributed by atoms with Gasteiger partial charge in [-0.2, -0.15) is 0 Å². The van der Waals surface area contributed by atoms with Crippen LogP contribution < -0.4 is 10.1 Å². The van der Waals surface area contributed by atoms with Gasteiger partial charge in [0.05, 0.1) is 10.5 Å². The van der Waals surface area contributed by atoms with Crippen LogP contribution in [-0.4, -0.2) is 32.6 Å². The van der Waals surface area contributed by atoms with Crippen LogP contribution in [0.3, 0.4) is 0 Å². The highest BCUT2D eigenvalue weighted by Gasteiger charge is 2.28. The predicted molar refractivity (Wildman–Crippen MR) is 87.6 cm³/mol. The number of sulfone groups is 1. The second kappa shape index (κ2) is 7.27. The van der Waals surface area contributed by atoms with Gasteiger partial charge >= 0.3 is 0 Å². The first-order valence-corrected chi connectivity index (χ1v) is 8.99. The molecule has 5 heteroatoms. The Balaban J connectivity index is 2.58. The quantitative estimate of drug-likeness (QED) is 0.841. The maximum absolute atomic E-state index is 12.0. The summed E-state index contributed by atoms with van der Waals surface area (Å²) in [5.41, 5.74) is 1.20. The molecule has 0 bridgehead atoms. The fraction of sp³-hybridized carbons (Fsp3) is 0.625. The topological polar surface area (TPSA) is 55.4 Å². The van der Waals surface area contributed by atoms with Gasteiger partial charge < -0.3 is 10.1 Å². The van der Waals surface area contributed by atoms with Crippen molar-refractivity contribution in [2.75, 3.05) is 19.4 Å². The summed E-state index contributed by atoms with van der Waals surface area (Å²) in [7, 11) is -1.19. The summed E-state index contributed by atoms with van der Waals surface area (Å²) in [5.74, 6) is 0.737. The van der Waals surface area contributed by atoms with E-state index in [-0.39, 0.29) is 12.4 Å². The van der Waals surface area contributed by atoms with Gasteiger partial charge in [-0.25, -0.2) is 8.42 Å². The largest absolute Gasteiger partial charge is 0.493 e. The van der Waals surface area contributed by atoms with Crippen LogP contribution in [0.5, 0.6) is 5.75 Å². The molecular weight excluding hydrogens is 286 g/mol. The van der Waals surface area contributed by atoms with Gasteiger partial charge in [-0.1, -0.05) is 19.1 Å². The van der Waals surface area contributed by atoms with Crippen molar-refractivity contribution in [2.24, 2.45) is 0 Å². The van der Waals surface area contributed by atoms with E-state index < -0.39 is 14.6 Å². The Labute approximate surface area is 128 Å². The van der Waals surface area contributed by atoms with E-state index >= 15 is 0 Å². The number of hydrogen-bond acceptors (Lipinski definition) is 4.